The first-order chi connectivity index (χ1) is 10.0. The summed E-state index contributed by atoms with van der Waals surface area (Å²) in [5, 5.41) is 12.9. The van der Waals surface area contributed by atoms with Crippen molar-refractivity contribution in [3.8, 4) is 0 Å². The second-order valence-electron chi connectivity index (χ2n) is 5.19. The van der Waals surface area contributed by atoms with Crippen LogP contribution in [0.1, 0.15) is 30.1 Å². The fourth-order valence-corrected chi connectivity index (χ4v) is 2.58. The second-order valence-corrected chi connectivity index (χ2v) is 6.10. The van der Waals surface area contributed by atoms with Crippen molar-refractivity contribution in [2.45, 2.75) is 24.7 Å². The number of aliphatic carboxylic acids is 1. The lowest BCUT2D eigenvalue weighted by molar-refractivity contribution is -0.132. The van der Waals surface area contributed by atoms with Crippen LogP contribution in [0.5, 0.6) is 0 Å². The standard InChI is InChI=1S/C15H13BrN2O3/c1-9(13(19)20)8-12-17-14(18-21-12)15(6-7-15)10-2-4-11(16)5-3-10/h2-5H,1,6-8H2,(H,19,20). The monoisotopic (exact) mass is 348 g/mol. The fraction of sp³-hybridized carbons (Fsp3) is 0.267. The van der Waals surface area contributed by atoms with Crippen LogP contribution in [0, 0.1) is 0 Å². The van der Waals surface area contributed by atoms with Gasteiger partial charge in [-0.05, 0) is 30.5 Å². The molecule has 1 aliphatic rings. The van der Waals surface area contributed by atoms with E-state index in [9.17, 15) is 4.79 Å². The lowest BCUT2D eigenvalue weighted by atomic mass is 9.95. The molecule has 1 heterocycles. The molecule has 0 saturated heterocycles. The number of benzene rings is 1. The molecule has 2 aromatic rings. The normalized spacial score (nSPS) is 15.7. The molecular formula is C15H13BrN2O3. The number of hydrogen-bond donors (Lipinski definition) is 1. The predicted molar refractivity (Wildman–Crippen MR) is 78.9 cm³/mol. The van der Waals surface area contributed by atoms with E-state index in [4.69, 9.17) is 9.63 Å². The topological polar surface area (TPSA) is 76.2 Å². The number of rotatable bonds is 5. The summed E-state index contributed by atoms with van der Waals surface area (Å²) < 4.78 is 6.18. The van der Waals surface area contributed by atoms with Crippen molar-refractivity contribution in [3.05, 3.63) is 58.2 Å². The molecule has 0 unspecified atom stereocenters. The van der Waals surface area contributed by atoms with Crippen molar-refractivity contribution < 1.29 is 14.4 Å². The number of aromatic nitrogens is 2. The van der Waals surface area contributed by atoms with E-state index in [0.717, 1.165) is 22.9 Å². The number of carboxylic acid groups (broad SMARTS) is 1. The number of carbonyl (C=O) groups is 1. The molecule has 0 radical (unpaired) electrons. The van der Waals surface area contributed by atoms with Crippen molar-refractivity contribution in [1.29, 1.82) is 0 Å². The third-order valence-corrected chi connectivity index (χ3v) is 4.24. The first-order valence-electron chi connectivity index (χ1n) is 6.51. The molecular weight excluding hydrogens is 336 g/mol. The van der Waals surface area contributed by atoms with Gasteiger partial charge < -0.3 is 9.63 Å². The van der Waals surface area contributed by atoms with E-state index < -0.39 is 5.97 Å². The Morgan fingerprint density at radius 1 is 1.38 bits per heavy atom. The third kappa shape index (κ3) is 2.63. The first kappa shape index (κ1) is 14.0. The Balaban J connectivity index is 1.84. The van der Waals surface area contributed by atoms with Gasteiger partial charge in [0.25, 0.3) is 0 Å². The Morgan fingerprint density at radius 2 is 2.05 bits per heavy atom. The maximum Gasteiger partial charge on any atom is 0.331 e. The Hall–Kier alpha value is -1.95. The van der Waals surface area contributed by atoms with Crippen molar-refractivity contribution in [3.63, 3.8) is 0 Å². The molecule has 6 heteroatoms. The van der Waals surface area contributed by atoms with Crippen molar-refractivity contribution in [2.24, 2.45) is 0 Å². The zero-order valence-corrected chi connectivity index (χ0v) is 12.8. The van der Waals surface area contributed by atoms with Crippen LogP contribution in [0.15, 0.2) is 45.4 Å². The second kappa shape index (κ2) is 5.11. The van der Waals surface area contributed by atoms with Gasteiger partial charge in [0.05, 0.1) is 11.8 Å². The van der Waals surface area contributed by atoms with Gasteiger partial charge in [0, 0.05) is 10.0 Å². The predicted octanol–water partition coefficient (Wildman–Crippen LogP) is 3.10. The van der Waals surface area contributed by atoms with Crippen LogP contribution < -0.4 is 0 Å². The summed E-state index contributed by atoms with van der Waals surface area (Å²) in [6.07, 6.45) is 2.00. The Kier molecular flexibility index (Phi) is 3.41. The zero-order valence-electron chi connectivity index (χ0n) is 11.2. The molecule has 1 N–H and O–H groups in total. The van der Waals surface area contributed by atoms with Crippen LogP contribution in [0.2, 0.25) is 0 Å². The van der Waals surface area contributed by atoms with E-state index in [1.54, 1.807) is 0 Å². The summed E-state index contributed by atoms with van der Waals surface area (Å²) in [6.45, 7) is 3.47. The molecule has 21 heavy (non-hydrogen) atoms. The minimum atomic E-state index is -1.05. The number of hydrogen-bond acceptors (Lipinski definition) is 4. The molecule has 1 aliphatic carbocycles. The molecule has 1 saturated carbocycles. The van der Waals surface area contributed by atoms with Gasteiger partial charge in [-0.1, -0.05) is 39.8 Å². The lowest BCUT2D eigenvalue weighted by Crippen LogP contribution is -2.11. The van der Waals surface area contributed by atoms with Crippen molar-refractivity contribution in [2.75, 3.05) is 0 Å². The highest BCUT2D eigenvalue weighted by Crippen LogP contribution is 2.52. The van der Waals surface area contributed by atoms with E-state index in [1.165, 1.54) is 0 Å². The molecule has 0 bridgehead atoms. The average Bonchev–Trinajstić information content (AvgIpc) is 3.13. The summed E-state index contributed by atoms with van der Waals surface area (Å²) in [5.41, 5.74) is 1.00. The average molecular weight is 349 g/mol. The third-order valence-electron chi connectivity index (χ3n) is 3.71. The first-order valence-corrected chi connectivity index (χ1v) is 7.31. The largest absolute Gasteiger partial charge is 0.478 e. The Bertz CT molecular complexity index is 702. The van der Waals surface area contributed by atoms with E-state index >= 15 is 0 Å². The summed E-state index contributed by atoms with van der Waals surface area (Å²) >= 11 is 3.42. The highest BCUT2D eigenvalue weighted by molar-refractivity contribution is 9.10. The van der Waals surface area contributed by atoms with Crippen LogP contribution in [0.4, 0.5) is 0 Å². The van der Waals surface area contributed by atoms with Crippen LogP contribution in [-0.2, 0) is 16.6 Å². The van der Waals surface area contributed by atoms with Gasteiger partial charge in [-0.3, -0.25) is 0 Å². The summed E-state index contributed by atoms with van der Waals surface area (Å²) in [4.78, 5) is 15.1. The SMILES string of the molecule is C=C(Cc1nc(C2(c3ccc(Br)cc3)CC2)no1)C(=O)O. The van der Waals surface area contributed by atoms with E-state index in [-0.39, 0.29) is 17.4 Å². The molecule has 0 aliphatic heterocycles. The smallest absolute Gasteiger partial charge is 0.331 e. The van der Waals surface area contributed by atoms with Gasteiger partial charge >= 0.3 is 5.97 Å². The minimum absolute atomic E-state index is 0.0405. The summed E-state index contributed by atoms with van der Waals surface area (Å²) in [6, 6.07) is 8.07. The van der Waals surface area contributed by atoms with Gasteiger partial charge in [-0.15, -0.1) is 0 Å². The minimum Gasteiger partial charge on any atom is -0.478 e. The molecule has 3 rings (SSSR count). The van der Waals surface area contributed by atoms with Crippen LogP contribution in [0.3, 0.4) is 0 Å². The molecule has 1 aromatic carbocycles. The zero-order chi connectivity index (χ0) is 15.0. The fourth-order valence-electron chi connectivity index (χ4n) is 2.31. The molecule has 1 aromatic heterocycles. The summed E-state index contributed by atoms with van der Waals surface area (Å²) in [5.74, 6) is -0.136. The number of halogens is 1. The molecule has 1 fully saturated rings. The number of carboxylic acids is 1. The molecule has 108 valence electrons. The summed E-state index contributed by atoms with van der Waals surface area (Å²) in [7, 11) is 0. The van der Waals surface area contributed by atoms with Gasteiger partial charge in [-0.2, -0.15) is 4.98 Å². The van der Waals surface area contributed by atoms with Crippen LogP contribution in [-0.4, -0.2) is 21.2 Å². The van der Waals surface area contributed by atoms with Crippen molar-refractivity contribution in [1.82, 2.24) is 10.1 Å². The van der Waals surface area contributed by atoms with Crippen molar-refractivity contribution >= 4 is 21.9 Å². The highest BCUT2D eigenvalue weighted by atomic mass is 79.9. The number of nitrogens with zero attached hydrogens (tertiary/aromatic N) is 2. The Morgan fingerprint density at radius 3 is 2.62 bits per heavy atom. The molecule has 0 amide bonds. The van der Waals surface area contributed by atoms with E-state index in [2.05, 4.69) is 32.6 Å². The molecule has 0 spiro atoms. The van der Waals surface area contributed by atoms with Crippen LogP contribution in [0.25, 0.3) is 0 Å². The van der Waals surface area contributed by atoms with E-state index in [1.807, 2.05) is 24.3 Å². The van der Waals surface area contributed by atoms with Gasteiger partial charge in [0.15, 0.2) is 5.82 Å². The van der Waals surface area contributed by atoms with Crippen LogP contribution >= 0.6 is 15.9 Å². The van der Waals surface area contributed by atoms with E-state index in [0.29, 0.717) is 11.7 Å². The maximum atomic E-state index is 10.8. The quantitative estimate of drug-likeness (QED) is 0.840. The molecule has 0 atom stereocenters. The maximum absolute atomic E-state index is 10.8. The lowest BCUT2D eigenvalue weighted by Gasteiger charge is -2.10. The van der Waals surface area contributed by atoms with Gasteiger partial charge in [-0.25, -0.2) is 4.79 Å². The Labute approximate surface area is 129 Å². The van der Waals surface area contributed by atoms with Gasteiger partial charge in [0.2, 0.25) is 5.89 Å². The van der Waals surface area contributed by atoms with Gasteiger partial charge in [0.1, 0.15) is 0 Å². The highest BCUT2D eigenvalue weighted by Gasteiger charge is 2.49. The molecule has 5 nitrogen and oxygen atoms in total.